The summed E-state index contributed by atoms with van der Waals surface area (Å²) in [5, 5.41) is 5.29. The minimum absolute atomic E-state index is 0.0181. The van der Waals surface area contributed by atoms with Crippen molar-refractivity contribution in [3.05, 3.63) is 58.5 Å². The molecule has 0 bridgehead atoms. The normalized spacial score (nSPS) is 11.8. The molecule has 0 fully saturated rings. The number of pyridine rings is 1. The van der Waals surface area contributed by atoms with Gasteiger partial charge in [-0.1, -0.05) is 12.8 Å². The van der Waals surface area contributed by atoms with Gasteiger partial charge >= 0.3 is 6.18 Å². The molecule has 0 aliphatic heterocycles. The van der Waals surface area contributed by atoms with Crippen LogP contribution in [-0.4, -0.2) is 32.1 Å². The van der Waals surface area contributed by atoms with Gasteiger partial charge in [0.1, 0.15) is 17.3 Å². The predicted octanol–water partition coefficient (Wildman–Crippen LogP) is 3.74. The minimum atomic E-state index is -4.61. The number of benzene rings is 1. The molecular weight excluding hydrogens is 476 g/mol. The van der Waals surface area contributed by atoms with E-state index in [1.165, 1.54) is 18.2 Å². The van der Waals surface area contributed by atoms with E-state index in [0.717, 1.165) is 24.5 Å². The minimum Gasteiger partial charge on any atom is -0.370 e. The number of rotatable bonds is 9. The first-order chi connectivity index (χ1) is 15.8. The molecule has 0 atom stereocenters. The number of carbonyl (C=O) groups excluding carboxylic acids is 1. The van der Waals surface area contributed by atoms with Crippen molar-refractivity contribution in [1.82, 2.24) is 10.3 Å². The molecule has 1 heterocycles. The quantitative estimate of drug-likeness (QED) is 0.278. The van der Waals surface area contributed by atoms with E-state index in [0.29, 0.717) is 13.0 Å². The second-order valence-corrected chi connectivity index (χ2v) is 8.88. The predicted molar refractivity (Wildman–Crippen MR) is 122 cm³/mol. The molecule has 2 aromatic rings. The monoisotopic (exact) mass is 498 g/mol. The number of hydrogen-bond donors (Lipinski definition) is 3. The Morgan fingerprint density at radius 1 is 1.26 bits per heavy atom. The van der Waals surface area contributed by atoms with Crippen LogP contribution in [0, 0.1) is 18.2 Å². The lowest BCUT2D eigenvalue weighted by Crippen LogP contribution is -2.21. The molecule has 182 valence electrons. The van der Waals surface area contributed by atoms with E-state index in [1.807, 2.05) is 11.6 Å². The maximum absolute atomic E-state index is 14.3. The van der Waals surface area contributed by atoms with Crippen LogP contribution in [0.4, 0.5) is 29.1 Å². The fourth-order valence-electron chi connectivity index (χ4n) is 2.73. The van der Waals surface area contributed by atoms with Gasteiger partial charge in [0.25, 0.3) is 0 Å². The molecule has 0 unspecified atom stereocenters. The molecule has 0 saturated carbocycles. The molecular formula is C22H22F4N4O3S. The molecule has 7 nitrogen and oxygen atoms in total. The highest BCUT2D eigenvalue weighted by Crippen LogP contribution is 2.30. The second kappa shape index (κ2) is 11.0. The number of carbonyl (C=O) groups is 1. The molecule has 2 rings (SSSR count). The van der Waals surface area contributed by atoms with Crippen molar-refractivity contribution in [3.8, 4) is 12.3 Å². The van der Waals surface area contributed by atoms with E-state index in [2.05, 4.69) is 21.5 Å². The van der Waals surface area contributed by atoms with E-state index in [-0.39, 0.29) is 34.7 Å². The summed E-state index contributed by atoms with van der Waals surface area (Å²) in [5.74, 6) is 0.643. The summed E-state index contributed by atoms with van der Waals surface area (Å²) in [6.07, 6.45) is 4.61. The molecule has 1 aromatic heterocycles. The number of anilines is 2. The van der Waals surface area contributed by atoms with Gasteiger partial charge in [-0.3, -0.25) is 9.52 Å². The Labute approximate surface area is 194 Å². The zero-order valence-corrected chi connectivity index (χ0v) is 19.1. The Hall–Kier alpha value is -3.59. The molecule has 1 aromatic carbocycles. The first kappa shape index (κ1) is 26.7. The number of nitrogens with one attached hydrogen (secondary N) is 3. The van der Waals surface area contributed by atoms with Gasteiger partial charge in [0.05, 0.1) is 17.5 Å². The van der Waals surface area contributed by atoms with Gasteiger partial charge in [0.2, 0.25) is 15.9 Å². The van der Waals surface area contributed by atoms with Gasteiger partial charge in [-0.05, 0) is 42.3 Å². The van der Waals surface area contributed by atoms with E-state index in [1.54, 1.807) is 0 Å². The summed E-state index contributed by atoms with van der Waals surface area (Å²) < 4.78 is 77.9. The van der Waals surface area contributed by atoms with Crippen LogP contribution < -0.4 is 15.4 Å². The third-order valence-electron chi connectivity index (χ3n) is 4.23. The highest BCUT2D eigenvalue weighted by atomic mass is 32.2. The molecule has 0 aliphatic carbocycles. The number of alkyl halides is 3. The smallest absolute Gasteiger partial charge is 0.370 e. The standard InChI is InChI=1S/C22H22F4N4O3S/c1-4-10-27-21-16(6-8-18(29-21)22(24,25)26)7-9-19(31)28-13-14-11-15(5-2)20(17(23)12-14)30-34(3,32)33/h2,6-9,11-12,30H,4,10,13H2,1,3H3,(H,27,29)(H,28,31). The van der Waals surface area contributed by atoms with Gasteiger partial charge in [0.15, 0.2) is 0 Å². The SMILES string of the molecule is C#Cc1cc(CNC(=O)C=Cc2ccc(C(F)(F)F)nc2NCCC)cc(F)c1NS(C)(=O)=O. The van der Waals surface area contributed by atoms with Crippen LogP contribution in [0.15, 0.2) is 30.3 Å². The van der Waals surface area contributed by atoms with Gasteiger partial charge in [0, 0.05) is 24.7 Å². The van der Waals surface area contributed by atoms with Crippen molar-refractivity contribution >= 4 is 33.5 Å². The van der Waals surface area contributed by atoms with Crippen LogP contribution in [0.25, 0.3) is 6.08 Å². The summed E-state index contributed by atoms with van der Waals surface area (Å²) in [6, 6.07) is 4.36. The number of hydrogen-bond acceptors (Lipinski definition) is 5. The number of amides is 1. The van der Waals surface area contributed by atoms with E-state index < -0.39 is 33.6 Å². The zero-order chi connectivity index (χ0) is 25.5. The van der Waals surface area contributed by atoms with E-state index >= 15 is 0 Å². The van der Waals surface area contributed by atoms with Crippen LogP contribution in [0.1, 0.15) is 35.7 Å². The summed E-state index contributed by atoms with van der Waals surface area (Å²) >= 11 is 0. The lowest BCUT2D eigenvalue weighted by atomic mass is 10.1. The third kappa shape index (κ3) is 7.77. The summed E-state index contributed by atoms with van der Waals surface area (Å²) in [6.45, 7) is 2.08. The molecule has 34 heavy (non-hydrogen) atoms. The molecule has 1 amide bonds. The van der Waals surface area contributed by atoms with Crippen LogP contribution in [0.2, 0.25) is 0 Å². The molecule has 0 saturated heterocycles. The first-order valence-corrected chi connectivity index (χ1v) is 11.8. The van der Waals surface area contributed by atoms with Crippen LogP contribution in [0.5, 0.6) is 0 Å². The highest BCUT2D eigenvalue weighted by molar-refractivity contribution is 7.92. The molecule has 0 aliphatic rings. The molecule has 0 radical (unpaired) electrons. The number of halogens is 4. The Balaban J connectivity index is 2.15. The number of nitrogens with zero attached hydrogens (tertiary/aromatic N) is 1. The van der Waals surface area contributed by atoms with Crippen molar-refractivity contribution in [2.45, 2.75) is 26.1 Å². The van der Waals surface area contributed by atoms with Crippen LogP contribution in [0.3, 0.4) is 0 Å². The lowest BCUT2D eigenvalue weighted by Gasteiger charge is -2.12. The van der Waals surface area contributed by atoms with E-state index in [9.17, 15) is 30.8 Å². The fraction of sp³-hybridized carbons (Fsp3) is 0.273. The maximum Gasteiger partial charge on any atom is 0.433 e. The van der Waals surface area contributed by atoms with Gasteiger partial charge in [-0.2, -0.15) is 13.2 Å². The second-order valence-electron chi connectivity index (χ2n) is 7.13. The maximum atomic E-state index is 14.3. The highest BCUT2D eigenvalue weighted by Gasteiger charge is 2.32. The lowest BCUT2D eigenvalue weighted by molar-refractivity contribution is -0.141. The third-order valence-corrected chi connectivity index (χ3v) is 4.81. The van der Waals surface area contributed by atoms with Crippen molar-refractivity contribution in [1.29, 1.82) is 0 Å². The average molecular weight is 499 g/mol. The Kier molecular flexibility index (Phi) is 8.64. The summed E-state index contributed by atoms with van der Waals surface area (Å²) in [5.41, 5.74) is -0.941. The Morgan fingerprint density at radius 3 is 2.56 bits per heavy atom. The van der Waals surface area contributed by atoms with Crippen molar-refractivity contribution in [3.63, 3.8) is 0 Å². The zero-order valence-electron chi connectivity index (χ0n) is 18.3. The number of aromatic nitrogens is 1. The summed E-state index contributed by atoms with van der Waals surface area (Å²) in [7, 11) is -3.76. The van der Waals surface area contributed by atoms with Gasteiger partial charge < -0.3 is 10.6 Å². The van der Waals surface area contributed by atoms with Crippen molar-refractivity contribution in [2.24, 2.45) is 0 Å². The molecule has 3 N–H and O–H groups in total. The molecule has 12 heteroatoms. The van der Waals surface area contributed by atoms with Gasteiger partial charge in [-0.25, -0.2) is 17.8 Å². The van der Waals surface area contributed by atoms with Crippen LogP contribution >= 0.6 is 0 Å². The van der Waals surface area contributed by atoms with Gasteiger partial charge in [-0.15, -0.1) is 6.42 Å². The van der Waals surface area contributed by atoms with Crippen LogP contribution in [-0.2, 0) is 27.5 Å². The Bertz CT molecular complexity index is 1240. The average Bonchev–Trinajstić information content (AvgIpc) is 2.75. The first-order valence-electron chi connectivity index (χ1n) is 9.89. The topological polar surface area (TPSA) is 100 Å². The fourth-order valence-corrected chi connectivity index (χ4v) is 3.31. The number of terminal acetylenes is 1. The molecule has 0 spiro atoms. The Morgan fingerprint density at radius 2 is 1.97 bits per heavy atom. The summed E-state index contributed by atoms with van der Waals surface area (Å²) in [4.78, 5) is 15.8. The largest absolute Gasteiger partial charge is 0.433 e. The van der Waals surface area contributed by atoms with Crippen molar-refractivity contribution in [2.75, 3.05) is 22.8 Å². The number of sulfonamides is 1. The van der Waals surface area contributed by atoms with E-state index in [4.69, 9.17) is 6.42 Å². The van der Waals surface area contributed by atoms with Crippen molar-refractivity contribution < 1.29 is 30.8 Å².